The minimum atomic E-state index is 0.750. The van der Waals surface area contributed by atoms with Gasteiger partial charge in [-0.25, -0.2) is 0 Å². The monoisotopic (exact) mass is 261 g/mol. The van der Waals surface area contributed by atoms with Gasteiger partial charge in [0.25, 0.3) is 0 Å². The molecule has 0 saturated carbocycles. The number of piperidine rings is 1. The number of rotatable bonds is 5. The molecule has 106 valence electrons. The smallest absolute Gasteiger partial charge is 0.0426 e. The zero-order valence-electron chi connectivity index (χ0n) is 12.5. The first kappa shape index (κ1) is 14.3. The van der Waals surface area contributed by atoms with Crippen LogP contribution in [0.25, 0.3) is 0 Å². The highest BCUT2D eigenvalue weighted by Gasteiger charge is 2.20. The van der Waals surface area contributed by atoms with E-state index in [0.29, 0.717) is 0 Å². The van der Waals surface area contributed by atoms with Crippen LogP contribution in [-0.4, -0.2) is 31.2 Å². The van der Waals surface area contributed by atoms with Gasteiger partial charge in [0.1, 0.15) is 0 Å². The van der Waals surface area contributed by atoms with E-state index in [2.05, 4.69) is 42.0 Å². The minimum Gasteiger partial charge on any atom is -0.371 e. The van der Waals surface area contributed by atoms with Crippen molar-refractivity contribution in [2.75, 3.05) is 31.1 Å². The quantitative estimate of drug-likeness (QED) is 0.883. The fourth-order valence-corrected chi connectivity index (χ4v) is 2.77. The molecule has 0 bridgehead atoms. The summed E-state index contributed by atoms with van der Waals surface area (Å²) in [6.07, 6.45) is 6.46. The molecule has 0 atom stereocenters. The number of nitrogens with one attached hydrogen (secondary N) is 1. The van der Waals surface area contributed by atoms with E-state index in [1.807, 2.05) is 12.4 Å². The van der Waals surface area contributed by atoms with E-state index in [4.69, 9.17) is 0 Å². The highest BCUT2D eigenvalue weighted by atomic mass is 15.1. The Morgan fingerprint density at radius 2 is 2.11 bits per heavy atom. The molecule has 0 unspecified atom stereocenters. The summed E-state index contributed by atoms with van der Waals surface area (Å²) in [5.74, 6) is 1.59. The van der Waals surface area contributed by atoms with E-state index >= 15 is 0 Å². The van der Waals surface area contributed by atoms with Gasteiger partial charge in [0, 0.05) is 31.2 Å². The number of hydrogen-bond donors (Lipinski definition) is 1. The SMILES string of the molecule is Cc1cnccc1N1CCC(CNCC(C)C)CC1. The lowest BCUT2D eigenvalue weighted by Crippen LogP contribution is -2.38. The van der Waals surface area contributed by atoms with E-state index in [0.717, 1.165) is 18.4 Å². The number of pyridine rings is 1. The van der Waals surface area contributed by atoms with Gasteiger partial charge in [0.05, 0.1) is 0 Å². The van der Waals surface area contributed by atoms with Crippen molar-refractivity contribution in [2.24, 2.45) is 11.8 Å². The molecule has 0 amide bonds. The molecule has 0 radical (unpaired) electrons. The fourth-order valence-electron chi connectivity index (χ4n) is 2.77. The van der Waals surface area contributed by atoms with E-state index in [1.54, 1.807) is 0 Å². The molecule has 3 nitrogen and oxygen atoms in total. The molecule has 1 saturated heterocycles. The maximum atomic E-state index is 4.18. The third-order valence-electron chi connectivity index (χ3n) is 3.93. The van der Waals surface area contributed by atoms with E-state index < -0.39 is 0 Å². The van der Waals surface area contributed by atoms with E-state index in [9.17, 15) is 0 Å². The molecule has 0 aromatic carbocycles. The molecule has 1 aliphatic rings. The average Bonchev–Trinajstić information content (AvgIpc) is 2.40. The molecule has 2 rings (SSSR count). The molecule has 1 N–H and O–H groups in total. The van der Waals surface area contributed by atoms with Crippen LogP contribution in [0.3, 0.4) is 0 Å². The Morgan fingerprint density at radius 3 is 2.74 bits per heavy atom. The zero-order chi connectivity index (χ0) is 13.7. The van der Waals surface area contributed by atoms with Gasteiger partial charge in [-0.15, -0.1) is 0 Å². The minimum absolute atomic E-state index is 0.750. The topological polar surface area (TPSA) is 28.2 Å². The number of aryl methyl sites for hydroxylation is 1. The number of hydrogen-bond acceptors (Lipinski definition) is 3. The Balaban J connectivity index is 1.78. The standard InChI is InChI=1S/C16H27N3/c1-13(2)10-18-12-15-5-8-19(9-6-15)16-4-7-17-11-14(16)3/h4,7,11,13,15,18H,5-6,8-10,12H2,1-3H3. The number of anilines is 1. The Morgan fingerprint density at radius 1 is 1.37 bits per heavy atom. The zero-order valence-corrected chi connectivity index (χ0v) is 12.5. The lowest BCUT2D eigenvalue weighted by atomic mass is 9.96. The van der Waals surface area contributed by atoms with Crippen molar-refractivity contribution < 1.29 is 0 Å². The second kappa shape index (κ2) is 6.90. The van der Waals surface area contributed by atoms with Gasteiger partial charge in [-0.1, -0.05) is 13.8 Å². The molecule has 19 heavy (non-hydrogen) atoms. The predicted molar refractivity (Wildman–Crippen MR) is 81.6 cm³/mol. The number of aromatic nitrogens is 1. The van der Waals surface area contributed by atoms with Crippen LogP contribution in [-0.2, 0) is 0 Å². The summed E-state index contributed by atoms with van der Waals surface area (Å²) in [7, 11) is 0. The third-order valence-corrected chi connectivity index (χ3v) is 3.93. The van der Waals surface area contributed by atoms with E-state index in [-0.39, 0.29) is 0 Å². The second-order valence-corrected chi connectivity index (χ2v) is 6.14. The summed E-state index contributed by atoms with van der Waals surface area (Å²) >= 11 is 0. The van der Waals surface area contributed by atoms with Crippen molar-refractivity contribution in [1.82, 2.24) is 10.3 Å². The van der Waals surface area contributed by atoms with Crippen LogP contribution in [0.5, 0.6) is 0 Å². The third kappa shape index (κ3) is 4.20. The van der Waals surface area contributed by atoms with Crippen LogP contribution in [0.2, 0.25) is 0 Å². The highest BCUT2D eigenvalue weighted by molar-refractivity contribution is 5.51. The van der Waals surface area contributed by atoms with Crippen LogP contribution < -0.4 is 10.2 Å². The normalized spacial score (nSPS) is 17.2. The molecule has 3 heteroatoms. The molecular formula is C16H27N3. The maximum absolute atomic E-state index is 4.18. The summed E-state index contributed by atoms with van der Waals surface area (Å²) in [6.45, 7) is 11.4. The van der Waals surface area contributed by atoms with Gasteiger partial charge in [-0.2, -0.15) is 0 Å². The van der Waals surface area contributed by atoms with Crippen LogP contribution >= 0.6 is 0 Å². The predicted octanol–water partition coefficient (Wildman–Crippen LogP) is 2.85. The van der Waals surface area contributed by atoms with Gasteiger partial charge in [-0.05, 0) is 56.3 Å². The van der Waals surface area contributed by atoms with Crippen molar-refractivity contribution in [3.63, 3.8) is 0 Å². The molecule has 0 spiro atoms. The Kier molecular flexibility index (Phi) is 5.20. The first-order valence-electron chi connectivity index (χ1n) is 7.53. The Bertz CT molecular complexity index is 381. The van der Waals surface area contributed by atoms with Crippen LogP contribution in [0, 0.1) is 18.8 Å². The van der Waals surface area contributed by atoms with E-state index in [1.165, 1.54) is 43.7 Å². The van der Waals surface area contributed by atoms with Gasteiger partial charge < -0.3 is 10.2 Å². The van der Waals surface area contributed by atoms with Crippen molar-refractivity contribution >= 4 is 5.69 Å². The molecule has 1 aromatic heterocycles. The summed E-state index contributed by atoms with van der Waals surface area (Å²) in [4.78, 5) is 6.68. The van der Waals surface area contributed by atoms with Crippen LogP contribution in [0.1, 0.15) is 32.3 Å². The van der Waals surface area contributed by atoms with Crippen molar-refractivity contribution in [2.45, 2.75) is 33.6 Å². The lowest BCUT2D eigenvalue weighted by Gasteiger charge is -2.34. The lowest BCUT2D eigenvalue weighted by molar-refractivity contribution is 0.374. The second-order valence-electron chi connectivity index (χ2n) is 6.14. The molecule has 1 fully saturated rings. The summed E-state index contributed by atoms with van der Waals surface area (Å²) < 4.78 is 0. The van der Waals surface area contributed by atoms with Crippen molar-refractivity contribution in [1.29, 1.82) is 0 Å². The molecule has 1 aromatic rings. The van der Waals surface area contributed by atoms with Gasteiger partial charge >= 0.3 is 0 Å². The first-order valence-corrected chi connectivity index (χ1v) is 7.53. The van der Waals surface area contributed by atoms with Gasteiger partial charge in [-0.3, -0.25) is 4.98 Å². The molecule has 0 aliphatic carbocycles. The summed E-state index contributed by atoms with van der Waals surface area (Å²) in [5.41, 5.74) is 2.66. The van der Waals surface area contributed by atoms with Crippen molar-refractivity contribution in [3.8, 4) is 0 Å². The average molecular weight is 261 g/mol. The first-order chi connectivity index (χ1) is 9.16. The largest absolute Gasteiger partial charge is 0.371 e. The maximum Gasteiger partial charge on any atom is 0.0426 e. The number of nitrogens with zero attached hydrogens (tertiary/aromatic N) is 2. The van der Waals surface area contributed by atoms with Crippen LogP contribution in [0.4, 0.5) is 5.69 Å². The Hall–Kier alpha value is -1.09. The van der Waals surface area contributed by atoms with Gasteiger partial charge in [0.15, 0.2) is 0 Å². The Labute approximate surface area is 117 Å². The van der Waals surface area contributed by atoms with Crippen LogP contribution in [0.15, 0.2) is 18.5 Å². The summed E-state index contributed by atoms with van der Waals surface area (Å²) in [5, 5.41) is 3.59. The molecular weight excluding hydrogens is 234 g/mol. The van der Waals surface area contributed by atoms with Crippen molar-refractivity contribution in [3.05, 3.63) is 24.0 Å². The summed E-state index contributed by atoms with van der Waals surface area (Å²) in [6, 6.07) is 2.15. The van der Waals surface area contributed by atoms with Gasteiger partial charge in [0.2, 0.25) is 0 Å². The highest BCUT2D eigenvalue weighted by Crippen LogP contribution is 2.24. The fraction of sp³-hybridized carbons (Fsp3) is 0.688. The molecule has 2 heterocycles. The molecule has 1 aliphatic heterocycles.